The molecule has 10 aromatic rings. The molecule has 0 spiro atoms. The van der Waals surface area contributed by atoms with Crippen LogP contribution in [0.1, 0.15) is 79.0 Å². The summed E-state index contributed by atoms with van der Waals surface area (Å²) in [6, 6.07) is 78.1. The smallest absolute Gasteiger partial charge is 0.179 e. The zero-order valence-corrected chi connectivity index (χ0v) is 46.4. The molecule has 0 radical (unpaired) electrons. The fourth-order valence-corrected chi connectivity index (χ4v) is 15.2. The number of aromatic nitrogens is 2. The molecule has 0 N–H and O–H groups in total. The average Bonchev–Trinajstić information content (AvgIpc) is 3.93. The van der Waals surface area contributed by atoms with Crippen molar-refractivity contribution in [1.82, 2.24) is 9.55 Å². The van der Waals surface area contributed by atoms with Crippen LogP contribution >= 0.6 is 0 Å². The number of hydrogen-bond acceptors (Lipinski definition) is 4. The van der Waals surface area contributed by atoms with Gasteiger partial charge >= 0.3 is 0 Å². The van der Waals surface area contributed by atoms with Crippen molar-refractivity contribution in [3.63, 3.8) is 0 Å². The Balaban J connectivity index is 0.00000611. The van der Waals surface area contributed by atoms with Gasteiger partial charge in [0.05, 0.1) is 0 Å². The van der Waals surface area contributed by atoms with Crippen molar-refractivity contribution in [3.8, 4) is 17.3 Å². The van der Waals surface area contributed by atoms with E-state index in [-0.39, 0.29) is 37.3 Å². The van der Waals surface area contributed by atoms with Gasteiger partial charge in [-0.1, -0.05) is 189 Å². The van der Waals surface area contributed by atoms with Gasteiger partial charge in [-0.15, -0.1) is 48.1 Å². The molecule has 0 fully saturated rings. The van der Waals surface area contributed by atoms with Crippen molar-refractivity contribution in [1.29, 1.82) is 0 Å². The minimum absolute atomic E-state index is 0. The Morgan fingerprint density at radius 1 is 0.466 bits per heavy atom. The molecule has 8 aromatic carbocycles. The van der Waals surface area contributed by atoms with Crippen LogP contribution in [0.4, 0.5) is 22.7 Å². The Labute approximate surface area is 447 Å². The second kappa shape index (κ2) is 19.1. The van der Waals surface area contributed by atoms with Gasteiger partial charge in [0.15, 0.2) is 8.07 Å². The molecule has 0 saturated carbocycles. The van der Waals surface area contributed by atoms with Crippen molar-refractivity contribution in [2.45, 2.75) is 78.6 Å². The molecular weight excluding hydrogens is 1090 g/mol. The summed E-state index contributed by atoms with van der Waals surface area (Å²) in [7, 11) is -2.86. The predicted molar refractivity (Wildman–Crippen MR) is 304 cm³/mol. The Bertz CT molecular complexity index is 3480. The third kappa shape index (κ3) is 9.15. The minimum atomic E-state index is -2.86. The standard InChI is InChI=1S/C66H61N4OSi.Pt/c1-64(2,3)46-36-37-67-63(41-46)70-61-43-52(32-34-57(61)58-35-33-56(44-62(58)70)72(53-24-13-10-14-25-53,54-26-15-11-16-27-54)55-28-17-12-18-29-55)71-51-23-21-22-49(42-51)68-45-69(60-31-20-19-30-59(60)68)50-39-47(65(4,5)6)38-48(40-50)66(7,8)9;/h10-41,44-45H,1-9H3;/q-3;. The van der Waals surface area contributed by atoms with Crippen LogP contribution in [0.5, 0.6) is 11.5 Å². The van der Waals surface area contributed by atoms with E-state index in [0.29, 0.717) is 11.5 Å². The van der Waals surface area contributed by atoms with Crippen LogP contribution in [0.15, 0.2) is 200 Å². The summed E-state index contributed by atoms with van der Waals surface area (Å²) in [6.07, 6.45) is 1.94. The minimum Gasteiger partial charge on any atom is -0.509 e. The number of anilines is 4. The summed E-state index contributed by atoms with van der Waals surface area (Å²) in [5, 5.41) is 7.46. The first kappa shape index (κ1) is 49.6. The van der Waals surface area contributed by atoms with Gasteiger partial charge in [0.1, 0.15) is 5.82 Å². The molecule has 0 amide bonds. The summed E-state index contributed by atoms with van der Waals surface area (Å²) in [5.41, 5.74) is 9.85. The topological polar surface area (TPSA) is 33.5 Å². The van der Waals surface area contributed by atoms with Crippen LogP contribution in [0.3, 0.4) is 0 Å². The molecule has 0 bridgehead atoms. The van der Waals surface area contributed by atoms with Gasteiger partial charge in [-0.2, -0.15) is 12.1 Å². The average molecular weight is 1150 g/mol. The zero-order valence-electron chi connectivity index (χ0n) is 43.1. The summed E-state index contributed by atoms with van der Waals surface area (Å²) in [4.78, 5) is 9.62. The van der Waals surface area contributed by atoms with Crippen molar-refractivity contribution < 1.29 is 25.8 Å². The molecule has 3 heterocycles. The second-order valence-electron chi connectivity index (χ2n) is 22.3. The number of fused-ring (bicyclic) bond motifs is 4. The SMILES string of the molecule is CC(C)(C)c1cc(N2[CH-]N(c3[c-]c(Oc4[c-]c5c(cc4)c4ccc([Si](c6ccccc6)(c6ccccc6)c6ccccc6)cc4n5-c4cc(C(C)(C)C)ccn4)ccc3)c3ccccc32)cc(C(C)(C)C)c1.[Pt]. The Morgan fingerprint density at radius 2 is 1.00 bits per heavy atom. The molecule has 5 nitrogen and oxygen atoms in total. The predicted octanol–water partition coefficient (Wildman–Crippen LogP) is 14.2. The molecular formula is C66H61N4OPtSi-3. The number of pyridine rings is 1. The molecule has 0 saturated heterocycles. The molecule has 368 valence electrons. The second-order valence-corrected chi connectivity index (χ2v) is 26.1. The van der Waals surface area contributed by atoms with E-state index < -0.39 is 8.07 Å². The maximum absolute atomic E-state index is 6.82. The normalized spacial score (nSPS) is 13.1. The number of hydrogen-bond donors (Lipinski definition) is 0. The molecule has 73 heavy (non-hydrogen) atoms. The number of rotatable bonds is 9. The molecule has 0 atom stereocenters. The fraction of sp³-hybridized carbons (Fsp3) is 0.182. The van der Waals surface area contributed by atoms with Gasteiger partial charge in [-0.25, -0.2) is 4.98 Å². The molecule has 1 aliphatic heterocycles. The van der Waals surface area contributed by atoms with Crippen LogP contribution < -0.4 is 35.3 Å². The number of nitrogens with zero attached hydrogens (tertiary/aromatic N) is 4. The first-order chi connectivity index (χ1) is 34.6. The number of ether oxygens (including phenoxy) is 1. The third-order valence-corrected chi connectivity index (χ3v) is 19.1. The molecule has 1 aliphatic rings. The summed E-state index contributed by atoms with van der Waals surface area (Å²) in [5.74, 6) is 2.03. The summed E-state index contributed by atoms with van der Waals surface area (Å²) >= 11 is 0. The quantitative estimate of drug-likeness (QED) is 0.0819. The van der Waals surface area contributed by atoms with E-state index in [1.165, 1.54) is 37.4 Å². The maximum atomic E-state index is 6.82. The van der Waals surface area contributed by atoms with Crippen LogP contribution in [0.25, 0.3) is 27.6 Å². The molecule has 0 unspecified atom stereocenters. The number of para-hydroxylation sites is 2. The van der Waals surface area contributed by atoms with E-state index in [1.807, 2.05) is 24.4 Å². The van der Waals surface area contributed by atoms with E-state index in [2.05, 4.69) is 271 Å². The largest absolute Gasteiger partial charge is 0.509 e. The van der Waals surface area contributed by atoms with E-state index in [1.54, 1.807) is 0 Å². The fourth-order valence-electron chi connectivity index (χ4n) is 10.4. The molecule has 2 aromatic heterocycles. The monoisotopic (exact) mass is 1150 g/mol. The maximum Gasteiger partial charge on any atom is 0.179 e. The first-order valence-corrected chi connectivity index (χ1v) is 27.1. The van der Waals surface area contributed by atoms with E-state index >= 15 is 0 Å². The summed E-state index contributed by atoms with van der Waals surface area (Å²) < 4.78 is 9.11. The van der Waals surface area contributed by atoms with Crippen LogP contribution in [-0.2, 0) is 37.3 Å². The zero-order chi connectivity index (χ0) is 50.0. The van der Waals surface area contributed by atoms with Gasteiger partial charge in [-0.3, -0.25) is 0 Å². The van der Waals surface area contributed by atoms with Crippen molar-refractivity contribution in [2.24, 2.45) is 0 Å². The van der Waals surface area contributed by atoms with Crippen LogP contribution in [0.2, 0.25) is 0 Å². The van der Waals surface area contributed by atoms with E-state index in [4.69, 9.17) is 9.72 Å². The Morgan fingerprint density at radius 3 is 1.58 bits per heavy atom. The van der Waals surface area contributed by atoms with Gasteiger partial charge in [0.2, 0.25) is 0 Å². The summed E-state index contributed by atoms with van der Waals surface area (Å²) in [6.45, 7) is 22.7. The van der Waals surface area contributed by atoms with Gasteiger partial charge in [-0.05, 0) is 102 Å². The van der Waals surface area contributed by atoms with Gasteiger partial charge < -0.3 is 19.1 Å². The van der Waals surface area contributed by atoms with E-state index in [0.717, 1.165) is 50.4 Å². The van der Waals surface area contributed by atoms with Crippen molar-refractivity contribution >= 4 is 73.4 Å². The third-order valence-electron chi connectivity index (χ3n) is 14.3. The van der Waals surface area contributed by atoms with Crippen molar-refractivity contribution in [2.75, 3.05) is 9.80 Å². The Kier molecular flexibility index (Phi) is 13.0. The van der Waals surface area contributed by atoms with Crippen molar-refractivity contribution in [3.05, 3.63) is 236 Å². The Hall–Kier alpha value is -6.98. The molecule has 11 rings (SSSR count). The first-order valence-electron chi connectivity index (χ1n) is 25.1. The van der Waals surface area contributed by atoms with Gasteiger partial charge in [0, 0.05) is 61.3 Å². The van der Waals surface area contributed by atoms with Crippen LogP contribution in [-0.4, -0.2) is 17.6 Å². The molecule has 7 heteroatoms. The van der Waals surface area contributed by atoms with E-state index in [9.17, 15) is 0 Å². The van der Waals surface area contributed by atoms with Crippen LogP contribution in [0, 0.1) is 18.8 Å². The van der Waals surface area contributed by atoms with Gasteiger partial charge in [0.25, 0.3) is 0 Å². The number of benzene rings is 8. The molecule has 0 aliphatic carbocycles.